The average Bonchev–Trinajstić information content (AvgIpc) is 2.85. The van der Waals surface area contributed by atoms with Crippen LogP contribution in [0.2, 0.25) is 5.02 Å². The van der Waals surface area contributed by atoms with Gasteiger partial charge in [-0.1, -0.05) is 11.6 Å². The molecule has 0 radical (unpaired) electrons. The Bertz CT molecular complexity index is 621. The minimum absolute atomic E-state index is 0.0581. The number of nitrogens with two attached hydrogens (primary N) is 1. The molecule has 2 aromatic rings. The maximum absolute atomic E-state index is 7.37. The van der Waals surface area contributed by atoms with Crippen molar-refractivity contribution < 1.29 is 4.74 Å². The second-order valence-electron chi connectivity index (χ2n) is 4.72. The van der Waals surface area contributed by atoms with E-state index in [1.165, 1.54) is 0 Å². The molecule has 0 aliphatic rings. The molecule has 0 saturated heterocycles. The molecule has 0 aliphatic heterocycles. The lowest BCUT2D eigenvalue weighted by molar-refractivity contribution is 0.298. The van der Waals surface area contributed by atoms with Crippen molar-refractivity contribution in [3.05, 3.63) is 46.7 Å². The van der Waals surface area contributed by atoms with Gasteiger partial charge in [-0.3, -0.25) is 10.1 Å². The largest absolute Gasteiger partial charge is 0.487 e. The first-order valence-corrected chi connectivity index (χ1v) is 6.66. The van der Waals surface area contributed by atoms with Gasteiger partial charge in [0.15, 0.2) is 0 Å². The predicted octanol–water partition coefficient (Wildman–Crippen LogP) is 2.98. The Kier molecular flexibility index (Phi) is 4.29. The molecule has 6 heteroatoms. The van der Waals surface area contributed by atoms with Crippen molar-refractivity contribution in [2.75, 3.05) is 0 Å². The highest BCUT2D eigenvalue weighted by atomic mass is 35.5. The summed E-state index contributed by atoms with van der Waals surface area (Å²) in [7, 11) is 0. The molecule has 0 spiro atoms. The topological polar surface area (TPSA) is 76.9 Å². The van der Waals surface area contributed by atoms with Crippen LogP contribution in [0.4, 0.5) is 0 Å². The first kappa shape index (κ1) is 14.4. The van der Waals surface area contributed by atoms with Gasteiger partial charge < -0.3 is 10.5 Å². The van der Waals surface area contributed by atoms with Gasteiger partial charge in [0.1, 0.15) is 18.2 Å². The van der Waals surface area contributed by atoms with Crippen LogP contribution in [0.3, 0.4) is 0 Å². The lowest BCUT2D eigenvalue weighted by Crippen LogP contribution is -2.11. The van der Waals surface area contributed by atoms with Gasteiger partial charge in [-0.15, -0.1) is 0 Å². The second-order valence-corrected chi connectivity index (χ2v) is 5.13. The quantitative estimate of drug-likeness (QED) is 0.657. The Morgan fingerprint density at radius 2 is 2.20 bits per heavy atom. The third kappa shape index (κ3) is 3.30. The van der Waals surface area contributed by atoms with E-state index in [9.17, 15) is 0 Å². The summed E-state index contributed by atoms with van der Waals surface area (Å²) in [5.41, 5.74) is 6.76. The first-order chi connectivity index (χ1) is 9.47. The van der Waals surface area contributed by atoms with Crippen molar-refractivity contribution in [2.45, 2.75) is 26.5 Å². The van der Waals surface area contributed by atoms with Crippen LogP contribution >= 0.6 is 11.6 Å². The zero-order valence-electron chi connectivity index (χ0n) is 11.4. The smallest absolute Gasteiger partial charge is 0.132 e. The van der Waals surface area contributed by atoms with Crippen LogP contribution in [0.1, 0.15) is 31.1 Å². The highest BCUT2D eigenvalue weighted by molar-refractivity contribution is 6.34. The molecular formula is C14H17ClN4O. The highest BCUT2D eigenvalue weighted by Gasteiger charge is 2.07. The fourth-order valence-corrected chi connectivity index (χ4v) is 1.98. The van der Waals surface area contributed by atoms with Gasteiger partial charge >= 0.3 is 0 Å². The molecule has 3 N–H and O–H groups in total. The van der Waals surface area contributed by atoms with Crippen molar-refractivity contribution in [3.8, 4) is 5.75 Å². The Hall–Kier alpha value is -2.01. The third-order valence-electron chi connectivity index (χ3n) is 2.81. The van der Waals surface area contributed by atoms with E-state index in [0.29, 0.717) is 29.0 Å². The Morgan fingerprint density at radius 1 is 1.45 bits per heavy atom. The Morgan fingerprint density at radius 3 is 2.75 bits per heavy atom. The number of nitrogen functional groups attached to an aromatic ring is 1. The molecule has 1 aromatic carbocycles. The molecule has 0 aliphatic carbocycles. The summed E-state index contributed by atoms with van der Waals surface area (Å²) in [6, 6.07) is 7.31. The number of amidine groups is 1. The predicted molar refractivity (Wildman–Crippen MR) is 79.4 cm³/mol. The first-order valence-electron chi connectivity index (χ1n) is 6.28. The van der Waals surface area contributed by atoms with E-state index in [1.54, 1.807) is 18.2 Å². The van der Waals surface area contributed by atoms with E-state index in [4.69, 9.17) is 27.5 Å². The minimum Gasteiger partial charge on any atom is -0.487 e. The summed E-state index contributed by atoms with van der Waals surface area (Å²) in [5.74, 6) is 0.566. The third-order valence-corrected chi connectivity index (χ3v) is 3.12. The Labute approximate surface area is 122 Å². The summed E-state index contributed by atoms with van der Waals surface area (Å²) in [4.78, 5) is 0. The molecule has 0 amide bonds. The molecule has 0 saturated carbocycles. The standard InChI is InChI=1S/C14H17ClN4O/c1-9(2)19-6-5-10(18-19)8-20-11-3-4-12(14(16)17)13(15)7-11/h3-7,9H,8H2,1-2H3,(H3,16,17). The summed E-state index contributed by atoms with van der Waals surface area (Å²) in [6.07, 6.45) is 1.93. The van der Waals surface area contributed by atoms with Crippen LogP contribution in [0, 0.1) is 5.41 Å². The van der Waals surface area contributed by atoms with E-state index >= 15 is 0 Å². The lowest BCUT2D eigenvalue weighted by atomic mass is 10.2. The average molecular weight is 293 g/mol. The SMILES string of the molecule is CC(C)n1ccc(COc2ccc(C(=N)N)c(Cl)c2)n1. The number of ether oxygens (including phenoxy) is 1. The fraction of sp³-hybridized carbons (Fsp3) is 0.286. The lowest BCUT2D eigenvalue weighted by Gasteiger charge is -2.08. The number of nitrogens with zero attached hydrogens (tertiary/aromatic N) is 2. The summed E-state index contributed by atoms with van der Waals surface area (Å²) in [6.45, 7) is 4.51. The van der Waals surface area contributed by atoms with Crippen molar-refractivity contribution >= 4 is 17.4 Å². The van der Waals surface area contributed by atoms with Crippen LogP contribution in [0.15, 0.2) is 30.5 Å². The molecular weight excluding hydrogens is 276 g/mol. The molecule has 0 bridgehead atoms. The molecule has 20 heavy (non-hydrogen) atoms. The Balaban J connectivity index is 2.03. The molecule has 0 unspecified atom stereocenters. The number of rotatable bonds is 5. The van der Waals surface area contributed by atoms with E-state index in [2.05, 4.69) is 18.9 Å². The molecule has 0 atom stereocenters. The van der Waals surface area contributed by atoms with Gasteiger partial charge in [-0.05, 0) is 38.1 Å². The maximum Gasteiger partial charge on any atom is 0.132 e. The molecule has 106 valence electrons. The normalized spacial score (nSPS) is 10.8. The minimum atomic E-state index is -0.0581. The van der Waals surface area contributed by atoms with Gasteiger partial charge in [-0.25, -0.2) is 0 Å². The summed E-state index contributed by atoms with van der Waals surface area (Å²) < 4.78 is 7.51. The van der Waals surface area contributed by atoms with E-state index in [1.807, 2.05) is 16.9 Å². The van der Waals surface area contributed by atoms with Gasteiger partial charge in [0.2, 0.25) is 0 Å². The second kappa shape index (κ2) is 5.96. The van der Waals surface area contributed by atoms with Crippen LogP contribution in [0.25, 0.3) is 0 Å². The van der Waals surface area contributed by atoms with Crippen molar-refractivity contribution in [1.29, 1.82) is 5.41 Å². The van der Waals surface area contributed by atoms with Gasteiger partial charge in [-0.2, -0.15) is 5.10 Å². The van der Waals surface area contributed by atoms with Gasteiger partial charge in [0.25, 0.3) is 0 Å². The molecule has 1 aromatic heterocycles. The van der Waals surface area contributed by atoms with Gasteiger partial charge in [0.05, 0.1) is 10.7 Å². The molecule has 1 heterocycles. The van der Waals surface area contributed by atoms with E-state index in [0.717, 1.165) is 5.69 Å². The molecule has 5 nitrogen and oxygen atoms in total. The monoisotopic (exact) mass is 292 g/mol. The van der Waals surface area contributed by atoms with Crippen molar-refractivity contribution in [1.82, 2.24) is 9.78 Å². The highest BCUT2D eigenvalue weighted by Crippen LogP contribution is 2.22. The van der Waals surface area contributed by atoms with Crippen LogP contribution in [0.5, 0.6) is 5.75 Å². The molecule has 2 rings (SSSR count). The number of benzene rings is 1. The maximum atomic E-state index is 7.37. The molecule has 0 fully saturated rings. The number of nitrogens with one attached hydrogen (secondary N) is 1. The summed E-state index contributed by atoms with van der Waals surface area (Å²) in [5, 5.41) is 12.2. The zero-order valence-corrected chi connectivity index (χ0v) is 12.2. The number of hydrogen-bond donors (Lipinski definition) is 2. The van der Waals surface area contributed by atoms with E-state index < -0.39 is 0 Å². The zero-order chi connectivity index (χ0) is 14.7. The number of halogens is 1. The number of aromatic nitrogens is 2. The van der Waals surface area contributed by atoms with Crippen LogP contribution in [-0.4, -0.2) is 15.6 Å². The number of hydrogen-bond acceptors (Lipinski definition) is 3. The summed E-state index contributed by atoms with van der Waals surface area (Å²) >= 11 is 6.03. The fourth-order valence-electron chi connectivity index (χ4n) is 1.70. The van der Waals surface area contributed by atoms with E-state index in [-0.39, 0.29) is 5.84 Å². The van der Waals surface area contributed by atoms with Crippen LogP contribution < -0.4 is 10.5 Å². The van der Waals surface area contributed by atoms with Crippen molar-refractivity contribution in [2.24, 2.45) is 5.73 Å². The van der Waals surface area contributed by atoms with Crippen molar-refractivity contribution in [3.63, 3.8) is 0 Å². The van der Waals surface area contributed by atoms with Crippen LogP contribution in [-0.2, 0) is 6.61 Å². The van der Waals surface area contributed by atoms with Gasteiger partial charge in [0, 0.05) is 17.8 Å².